The second-order valence-electron chi connectivity index (χ2n) is 2.58. The minimum absolute atomic E-state index is 0.448. The van der Waals surface area contributed by atoms with E-state index in [2.05, 4.69) is 32.8 Å². The largest absolute Gasteiger partial charge is 0.258 e. The van der Waals surface area contributed by atoms with Crippen molar-refractivity contribution in [3.05, 3.63) is 23.8 Å². The smallest absolute Gasteiger partial charge is 0.0652 e. The van der Waals surface area contributed by atoms with Crippen molar-refractivity contribution < 1.29 is 0 Å². The van der Waals surface area contributed by atoms with Gasteiger partial charge in [0.2, 0.25) is 0 Å². The molecule has 0 N–H and O–H groups in total. The number of alkyl halides is 1. The lowest BCUT2D eigenvalue weighted by molar-refractivity contribution is 0.811. The van der Waals surface area contributed by atoms with E-state index >= 15 is 0 Å². The van der Waals surface area contributed by atoms with Gasteiger partial charge in [0.05, 0.1) is 11.4 Å². The Labute approximate surface area is 75.2 Å². The van der Waals surface area contributed by atoms with Crippen LogP contribution in [-0.2, 0) is 0 Å². The van der Waals surface area contributed by atoms with E-state index in [1.54, 1.807) is 12.4 Å². The van der Waals surface area contributed by atoms with Crippen molar-refractivity contribution in [3.8, 4) is 0 Å². The summed E-state index contributed by atoms with van der Waals surface area (Å²) in [5, 5.41) is 0.937. The fraction of sp³-hybridized carbons (Fsp3) is 0.500. The van der Waals surface area contributed by atoms with Crippen molar-refractivity contribution in [3.63, 3.8) is 0 Å². The van der Waals surface area contributed by atoms with Gasteiger partial charge in [-0.05, 0) is 6.92 Å². The molecule has 0 aliphatic carbocycles. The topological polar surface area (TPSA) is 25.8 Å². The van der Waals surface area contributed by atoms with Crippen molar-refractivity contribution in [1.29, 1.82) is 0 Å². The van der Waals surface area contributed by atoms with Gasteiger partial charge in [-0.2, -0.15) is 0 Å². The predicted octanol–water partition coefficient (Wildman–Crippen LogP) is 2.28. The van der Waals surface area contributed by atoms with Crippen LogP contribution in [0.1, 0.15) is 24.2 Å². The molecule has 1 unspecified atom stereocenters. The minimum atomic E-state index is 0.448. The molecule has 0 aromatic carbocycles. The summed E-state index contributed by atoms with van der Waals surface area (Å²) >= 11 is 3.42. The SMILES string of the molecule is Cc1nccnc1C(C)CBr. The van der Waals surface area contributed by atoms with E-state index in [4.69, 9.17) is 0 Å². The van der Waals surface area contributed by atoms with E-state index in [0.29, 0.717) is 5.92 Å². The molecule has 1 atom stereocenters. The molecule has 0 spiro atoms. The molecule has 1 aromatic heterocycles. The Morgan fingerprint density at radius 1 is 1.45 bits per heavy atom. The van der Waals surface area contributed by atoms with Crippen LogP contribution in [0.3, 0.4) is 0 Å². The molecule has 0 bridgehead atoms. The van der Waals surface area contributed by atoms with Gasteiger partial charge in [0.25, 0.3) is 0 Å². The van der Waals surface area contributed by atoms with E-state index < -0.39 is 0 Å². The molecular weight excluding hydrogens is 204 g/mol. The van der Waals surface area contributed by atoms with Crippen LogP contribution >= 0.6 is 15.9 Å². The molecule has 1 aromatic rings. The monoisotopic (exact) mass is 214 g/mol. The van der Waals surface area contributed by atoms with Crippen LogP contribution in [0.15, 0.2) is 12.4 Å². The average molecular weight is 215 g/mol. The average Bonchev–Trinajstić information content (AvgIpc) is 2.04. The van der Waals surface area contributed by atoms with Crippen LogP contribution < -0.4 is 0 Å². The molecule has 0 aliphatic rings. The van der Waals surface area contributed by atoms with Gasteiger partial charge >= 0.3 is 0 Å². The summed E-state index contributed by atoms with van der Waals surface area (Å²) in [6.07, 6.45) is 3.46. The van der Waals surface area contributed by atoms with Gasteiger partial charge in [-0.25, -0.2) is 0 Å². The molecule has 1 heterocycles. The fourth-order valence-corrected chi connectivity index (χ4v) is 1.28. The molecule has 0 radical (unpaired) electrons. The standard InChI is InChI=1S/C8H11BrN2/c1-6(5-9)8-7(2)10-3-4-11-8/h3-4,6H,5H2,1-2H3. The summed E-state index contributed by atoms with van der Waals surface area (Å²) in [5.74, 6) is 0.448. The molecule has 11 heavy (non-hydrogen) atoms. The molecule has 0 saturated heterocycles. The highest BCUT2D eigenvalue weighted by Gasteiger charge is 2.07. The van der Waals surface area contributed by atoms with Crippen LogP contribution in [0, 0.1) is 6.92 Å². The molecule has 0 aliphatic heterocycles. The van der Waals surface area contributed by atoms with E-state index in [1.807, 2.05) is 6.92 Å². The van der Waals surface area contributed by atoms with Gasteiger partial charge in [-0.15, -0.1) is 0 Å². The summed E-state index contributed by atoms with van der Waals surface area (Å²) in [4.78, 5) is 8.42. The third kappa shape index (κ3) is 1.99. The first-order chi connectivity index (χ1) is 5.25. The maximum Gasteiger partial charge on any atom is 0.0652 e. The van der Waals surface area contributed by atoms with Crippen molar-refractivity contribution >= 4 is 15.9 Å². The summed E-state index contributed by atoms with van der Waals surface area (Å²) in [6, 6.07) is 0. The molecule has 2 nitrogen and oxygen atoms in total. The van der Waals surface area contributed by atoms with Crippen LogP contribution in [0.5, 0.6) is 0 Å². The van der Waals surface area contributed by atoms with Crippen molar-refractivity contribution in [2.24, 2.45) is 0 Å². The zero-order valence-electron chi connectivity index (χ0n) is 6.71. The van der Waals surface area contributed by atoms with Gasteiger partial charge in [0.15, 0.2) is 0 Å². The van der Waals surface area contributed by atoms with Crippen LogP contribution in [-0.4, -0.2) is 15.3 Å². The Morgan fingerprint density at radius 3 is 2.64 bits per heavy atom. The first-order valence-corrected chi connectivity index (χ1v) is 4.71. The lowest BCUT2D eigenvalue weighted by atomic mass is 10.1. The molecule has 0 fully saturated rings. The van der Waals surface area contributed by atoms with Crippen molar-refractivity contribution in [2.75, 3.05) is 5.33 Å². The Kier molecular flexibility index (Phi) is 3.00. The Morgan fingerprint density at radius 2 is 2.09 bits per heavy atom. The molecule has 0 saturated carbocycles. The number of hydrogen-bond donors (Lipinski definition) is 0. The van der Waals surface area contributed by atoms with Gasteiger partial charge in [0, 0.05) is 23.6 Å². The van der Waals surface area contributed by atoms with Crippen LogP contribution in [0.2, 0.25) is 0 Å². The summed E-state index contributed by atoms with van der Waals surface area (Å²) in [5.41, 5.74) is 2.11. The molecule has 1 rings (SSSR count). The number of hydrogen-bond acceptors (Lipinski definition) is 2. The number of rotatable bonds is 2. The maximum absolute atomic E-state index is 4.26. The number of halogens is 1. The van der Waals surface area contributed by atoms with Gasteiger partial charge < -0.3 is 0 Å². The number of nitrogens with zero attached hydrogens (tertiary/aromatic N) is 2. The second-order valence-corrected chi connectivity index (χ2v) is 3.23. The number of aromatic nitrogens is 2. The quantitative estimate of drug-likeness (QED) is 0.707. The van der Waals surface area contributed by atoms with Gasteiger partial charge in [-0.1, -0.05) is 22.9 Å². The normalized spacial score (nSPS) is 13.0. The van der Waals surface area contributed by atoms with Gasteiger partial charge in [0.1, 0.15) is 0 Å². The van der Waals surface area contributed by atoms with E-state index in [-0.39, 0.29) is 0 Å². The van der Waals surface area contributed by atoms with Crippen molar-refractivity contribution in [2.45, 2.75) is 19.8 Å². The molecule has 0 amide bonds. The minimum Gasteiger partial charge on any atom is -0.258 e. The van der Waals surface area contributed by atoms with Crippen LogP contribution in [0.4, 0.5) is 0 Å². The summed E-state index contributed by atoms with van der Waals surface area (Å²) in [7, 11) is 0. The predicted molar refractivity (Wildman–Crippen MR) is 49.0 cm³/mol. The summed E-state index contributed by atoms with van der Waals surface area (Å²) < 4.78 is 0. The van der Waals surface area contributed by atoms with E-state index in [0.717, 1.165) is 16.7 Å². The molecule has 60 valence electrons. The first kappa shape index (κ1) is 8.65. The van der Waals surface area contributed by atoms with E-state index in [9.17, 15) is 0 Å². The third-order valence-electron chi connectivity index (χ3n) is 1.62. The zero-order valence-corrected chi connectivity index (χ0v) is 8.30. The maximum atomic E-state index is 4.26. The Balaban J connectivity index is 2.93. The highest BCUT2D eigenvalue weighted by atomic mass is 79.9. The highest BCUT2D eigenvalue weighted by molar-refractivity contribution is 9.09. The van der Waals surface area contributed by atoms with Crippen molar-refractivity contribution in [1.82, 2.24) is 9.97 Å². The first-order valence-electron chi connectivity index (χ1n) is 3.59. The van der Waals surface area contributed by atoms with Crippen LogP contribution in [0.25, 0.3) is 0 Å². The Hall–Kier alpha value is -0.440. The fourth-order valence-electron chi connectivity index (χ4n) is 0.975. The zero-order chi connectivity index (χ0) is 8.27. The van der Waals surface area contributed by atoms with E-state index in [1.165, 1.54) is 0 Å². The lowest BCUT2D eigenvalue weighted by Gasteiger charge is -2.07. The highest BCUT2D eigenvalue weighted by Crippen LogP contribution is 2.16. The summed E-state index contributed by atoms with van der Waals surface area (Å²) in [6.45, 7) is 4.12. The third-order valence-corrected chi connectivity index (χ3v) is 2.59. The lowest BCUT2D eigenvalue weighted by Crippen LogP contribution is -2.02. The Bertz CT molecular complexity index is 237. The van der Waals surface area contributed by atoms with Gasteiger partial charge in [-0.3, -0.25) is 9.97 Å². The molecular formula is C8H11BrN2. The second kappa shape index (κ2) is 3.81. The molecule has 3 heteroatoms. The number of aryl methyl sites for hydroxylation is 1.